The molecule has 0 aliphatic carbocycles. The molecule has 3 heteroatoms. The van der Waals surface area contributed by atoms with Gasteiger partial charge in [0.25, 0.3) is 0 Å². The Morgan fingerprint density at radius 3 is 2.57 bits per heavy atom. The van der Waals surface area contributed by atoms with Crippen LogP contribution in [0.15, 0.2) is 24.3 Å². The first-order chi connectivity index (χ1) is 6.57. The van der Waals surface area contributed by atoms with Gasteiger partial charge in [-0.15, -0.1) is 0 Å². The van der Waals surface area contributed by atoms with E-state index in [9.17, 15) is 4.39 Å². The zero-order valence-corrected chi connectivity index (χ0v) is 8.81. The van der Waals surface area contributed by atoms with Gasteiger partial charge in [0.05, 0.1) is 0 Å². The molecule has 76 valence electrons. The van der Waals surface area contributed by atoms with Crippen molar-refractivity contribution < 1.29 is 4.39 Å². The zero-order chi connectivity index (χ0) is 10.2. The van der Waals surface area contributed by atoms with E-state index in [-0.39, 0.29) is 6.04 Å². The number of benzene rings is 1. The van der Waals surface area contributed by atoms with Gasteiger partial charge in [0.2, 0.25) is 0 Å². The minimum absolute atomic E-state index is 0.127. The van der Waals surface area contributed by atoms with Crippen molar-refractivity contribution in [3.05, 3.63) is 34.9 Å². The molecule has 0 radical (unpaired) electrons. The summed E-state index contributed by atoms with van der Waals surface area (Å²) in [5.41, 5.74) is 0.0281. The van der Waals surface area contributed by atoms with E-state index in [1.54, 1.807) is 6.92 Å². The van der Waals surface area contributed by atoms with Crippen LogP contribution in [0.3, 0.4) is 0 Å². The van der Waals surface area contributed by atoms with Gasteiger partial charge < -0.3 is 5.32 Å². The fourth-order valence-electron chi connectivity index (χ4n) is 1.84. The predicted molar refractivity (Wildman–Crippen MR) is 56.3 cm³/mol. The molecule has 1 nitrogen and oxygen atoms in total. The number of hydrogen-bond acceptors (Lipinski definition) is 1. The van der Waals surface area contributed by atoms with Crippen molar-refractivity contribution in [1.29, 1.82) is 0 Å². The maximum atomic E-state index is 13.5. The molecule has 1 heterocycles. The van der Waals surface area contributed by atoms with Crippen LogP contribution in [-0.2, 0) is 0 Å². The molecule has 2 atom stereocenters. The number of rotatable bonds is 1. The van der Waals surface area contributed by atoms with Crippen LogP contribution < -0.4 is 5.32 Å². The van der Waals surface area contributed by atoms with E-state index in [2.05, 4.69) is 5.32 Å². The topological polar surface area (TPSA) is 12.0 Å². The van der Waals surface area contributed by atoms with E-state index in [0.29, 0.717) is 13.0 Å². The molecule has 1 aliphatic heterocycles. The van der Waals surface area contributed by atoms with E-state index >= 15 is 0 Å². The van der Waals surface area contributed by atoms with E-state index in [4.69, 9.17) is 11.6 Å². The molecule has 0 aromatic heterocycles. The van der Waals surface area contributed by atoms with Crippen molar-refractivity contribution in [2.75, 3.05) is 6.54 Å². The normalized spacial score (nSPS) is 32.1. The summed E-state index contributed by atoms with van der Waals surface area (Å²) >= 11 is 5.78. The Morgan fingerprint density at radius 1 is 1.43 bits per heavy atom. The third kappa shape index (κ3) is 2.07. The Kier molecular flexibility index (Phi) is 2.50. The SMILES string of the molecule is CC1(F)CNC(c2ccc(Cl)cc2)C1. The quantitative estimate of drug-likeness (QED) is 0.756. The molecule has 2 rings (SSSR count). The van der Waals surface area contributed by atoms with Crippen molar-refractivity contribution in [1.82, 2.24) is 5.32 Å². The van der Waals surface area contributed by atoms with Crippen molar-refractivity contribution in [2.45, 2.75) is 25.1 Å². The number of nitrogens with one attached hydrogen (secondary N) is 1. The number of hydrogen-bond donors (Lipinski definition) is 1. The summed E-state index contributed by atoms with van der Waals surface area (Å²) in [6.07, 6.45) is 0.536. The fraction of sp³-hybridized carbons (Fsp3) is 0.455. The highest BCUT2D eigenvalue weighted by Gasteiger charge is 2.35. The van der Waals surface area contributed by atoms with Gasteiger partial charge in [-0.25, -0.2) is 4.39 Å². The minimum atomic E-state index is -1.08. The molecule has 1 aromatic carbocycles. The van der Waals surface area contributed by atoms with Crippen molar-refractivity contribution in [3.63, 3.8) is 0 Å². The highest BCUT2D eigenvalue weighted by molar-refractivity contribution is 6.30. The van der Waals surface area contributed by atoms with Crippen LogP contribution in [0.25, 0.3) is 0 Å². The summed E-state index contributed by atoms with van der Waals surface area (Å²) in [5.74, 6) is 0. The predicted octanol–water partition coefficient (Wildman–Crippen LogP) is 3.10. The maximum absolute atomic E-state index is 13.5. The van der Waals surface area contributed by atoms with Gasteiger partial charge in [0.1, 0.15) is 5.67 Å². The Hall–Kier alpha value is -0.600. The maximum Gasteiger partial charge on any atom is 0.122 e. The van der Waals surface area contributed by atoms with Gasteiger partial charge in [0.15, 0.2) is 0 Å². The lowest BCUT2D eigenvalue weighted by molar-refractivity contribution is 0.214. The summed E-state index contributed by atoms with van der Waals surface area (Å²) < 4.78 is 13.5. The van der Waals surface area contributed by atoms with Crippen molar-refractivity contribution in [2.24, 2.45) is 0 Å². The highest BCUT2D eigenvalue weighted by atomic mass is 35.5. The highest BCUT2D eigenvalue weighted by Crippen LogP contribution is 2.32. The van der Waals surface area contributed by atoms with Crippen LogP contribution in [0.4, 0.5) is 4.39 Å². The smallest absolute Gasteiger partial charge is 0.122 e. The molecule has 1 N–H and O–H groups in total. The largest absolute Gasteiger partial charge is 0.307 e. The molecule has 14 heavy (non-hydrogen) atoms. The second-order valence-corrected chi connectivity index (χ2v) is 4.54. The Bertz CT molecular complexity index is 321. The molecule has 1 aliphatic rings. The molecule has 0 bridgehead atoms. The van der Waals surface area contributed by atoms with Crippen molar-refractivity contribution >= 4 is 11.6 Å². The Morgan fingerprint density at radius 2 is 2.07 bits per heavy atom. The van der Waals surface area contributed by atoms with E-state index in [1.165, 1.54) is 0 Å². The summed E-state index contributed by atoms with van der Waals surface area (Å²) in [5, 5.41) is 3.88. The zero-order valence-electron chi connectivity index (χ0n) is 8.06. The standard InChI is InChI=1S/C11H13ClFN/c1-11(13)6-10(14-7-11)8-2-4-9(12)5-3-8/h2-5,10,14H,6-7H2,1H3. The molecular weight excluding hydrogens is 201 g/mol. The third-order valence-corrected chi connectivity index (χ3v) is 2.87. The second-order valence-electron chi connectivity index (χ2n) is 4.10. The Balaban J connectivity index is 2.14. The van der Waals surface area contributed by atoms with Crippen LogP contribution >= 0.6 is 11.6 Å². The molecule has 2 unspecified atom stereocenters. The number of alkyl halides is 1. The summed E-state index contributed by atoms with van der Waals surface area (Å²) in [7, 11) is 0. The van der Waals surface area contributed by atoms with Crippen LogP contribution in [0.2, 0.25) is 5.02 Å². The van der Waals surface area contributed by atoms with Crippen LogP contribution in [0.1, 0.15) is 24.9 Å². The van der Waals surface area contributed by atoms with Crippen LogP contribution in [0, 0.1) is 0 Å². The summed E-state index contributed by atoms with van der Waals surface area (Å²) in [4.78, 5) is 0. The lowest BCUT2D eigenvalue weighted by Crippen LogP contribution is -2.20. The van der Waals surface area contributed by atoms with Gasteiger partial charge in [-0.1, -0.05) is 23.7 Å². The first-order valence-electron chi connectivity index (χ1n) is 4.75. The lowest BCUT2D eigenvalue weighted by atomic mass is 9.99. The summed E-state index contributed by atoms with van der Waals surface area (Å²) in [6.45, 7) is 2.07. The van der Waals surface area contributed by atoms with Gasteiger partial charge in [-0.3, -0.25) is 0 Å². The average molecular weight is 214 g/mol. The molecule has 0 spiro atoms. The van der Waals surface area contributed by atoms with Crippen LogP contribution in [0.5, 0.6) is 0 Å². The van der Waals surface area contributed by atoms with E-state index in [0.717, 1.165) is 10.6 Å². The van der Waals surface area contributed by atoms with Crippen LogP contribution in [-0.4, -0.2) is 12.2 Å². The first-order valence-corrected chi connectivity index (χ1v) is 5.12. The number of halogens is 2. The molecule has 0 saturated carbocycles. The first kappa shape index (κ1) is 9.94. The van der Waals surface area contributed by atoms with Gasteiger partial charge >= 0.3 is 0 Å². The third-order valence-electron chi connectivity index (χ3n) is 2.62. The lowest BCUT2D eigenvalue weighted by Gasteiger charge is -2.12. The molecule has 1 fully saturated rings. The van der Waals surface area contributed by atoms with E-state index in [1.807, 2.05) is 24.3 Å². The van der Waals surface area contributed by atoms with Gasteiger partial charge in [-0.05, 0) is 24.6 Å². The van der Waals surface area contributed by atoms with Gasteiger partial charge in [-0.2, -0.15) is 0 Å². The molecule has 1 saturated heterocycles. The average Bonchev–Trinajstić information content (AvgIpc) is 2.47. The second kappa shape index (κ2) is 3.52. The fourth-order valence-corrected chi connectivity index (χ4v) is 1.96. The molecule has 1 aromatic rings. The monoisotopic (exact) mass is 213 g/mol. The minimum Gasteiger partial charge on any atom is -0.307 e. The van der Waals surface area contributed by atoms with E-state index < -0.39 is 5.67 Å². The van der Waals surface area contributed by atoms with Gasteiger partial charge in [0, 0.05) is 24.0 Å². The summed E-state index contributed by atoms with van der Waals surface area (Å²) in [6, 6.07) is 7.70. The Labute approximate surface area is 88.3 Å². The van der Waals surface area contributed by atoms with Crippen molar-refractivity contribution in [3.8, 4) is 0 Å². The molecular formula is C11H13ClFN. The molecule has 0 amide bonds.